The molecular formula is C29H49N3O2S. The molecule has 0 aromatic carbocycles. The fraction of sp³-hybridized carbons (Fsp3) is 0.862. The molecule has 2 atom stereocenters. The van der Waals surface area contributed by atoms with Gasteiger partial charge in [-0.15, -0.1) is 0 Å². The van der Waals surface area contributed by atoms with Crippen LogP contribution in [0.2, 0.25) is 0 Å². The van der Waals surface area contributed by atoms with Crippen LogP contribution in [0.5, 0.6) is 0 Å². The molecule has 198 valence electrons. The van der Waals surface area contributed by atoms with Crippen LogP contribution in [0.3, 0.4) is 0 Å². The minimum Gasteiger partial charge on any atom is -0.372 e. The zero-order valence-electron chi connectivity index (χ0n) is 22.1. The van der Waals surface area contributed by atoms with Crippen molar-refractivity contribution in [3.8, 4) is 0 Å². The van der Waals surface area contributed by atoms with E-state index >= 15 is 0 Å². The first-order valence-corrected chi connectivity index (χ1v) is 16.3. The number of allylic oxidation sites excluding steroid dienone is 2. The van der Waals surface area contributed by atoms with Crippen molar-refractivity contribution in [3.05, 3.63) is 24.6 Å². The summed E-state index contributed by atoms with van der Waals surface area (Å²) in [4.78, 5) is 5.07. The topological polar surface area (TPSA) is 52.7 Å². The van der Waals surface area contributed by atoms with Crippen LogP contribution in [0.15, 0.2) is 24.6 Å². The lowest BCUT2D eigenvalue weighted by Gasteiger charge is -2.44. The standard InChI is InChI=1S/C29H49N3O2S/c1-22(31-16-18-32(19-17-31)23(2)29(3)14-15-29)25-9-11-26(12-10-25)27-5-4-6-28(21-27)30-35(33,34)20-13-24-7-8-24/h24-28,30H,1-2,4-21H2,3H3. The van der Waals surface area contributed by atoms with Gasteiger partial charge in [0, 0.05) is 49.0 Å². The molecule has 1 aliphatic heterocycles. The SMILES string of the molecule is C=C(C1CCC(C2CCCC(NS(=O)(=O)CCC3CC3)C2)CC1)N1CCN(C(=C)C2(C)CC2)CC1. The summed E-state index contributed by atoms with van der Waals surface area (Å²) in [5.41, 5.74) is 3.11. The normalized spacial score (nSPS) is 33.4. The van der Waals surface area contributed by atoms with Crippen LogP contribution in [0.25, 0.3) is 0 Å². The van der Waals surface area contributed by atoms with Crippen molar-refractivity contribution in [2.75, 3.05) is 31.9 Å². The maximum Gasteiger partial charge on any atom is 0.211 e. The van der Waals surface area contributed by atoms with E-state index in [2.05, 4.69) is 34.6 Å². The Labute approximate surface area is 214 Å². The van der Waals surface area contributed by atoms with Crippen LogP contribution in [0.1, 0.15) is 90.4 Å². The molecule has 1 N–H and O–H groups in total. The Morgan fingerprint density at radius 3 is 2.17 bits per heavy atom. The number of hydrogen-bond acceptors (Lipinski definition) is 4. The van der Waals surface area contributed by atoms with Gasteiger partial charge in [0.05, 0.1) is 5.75 Å². The van der Waals surface area contributed by atoms with E-state index in [0.29, 0.717) is 28.9 Å². The maximum absolute atomic E-state index is 12.6. The molecule has 4 saturated carbocycles. The Hall–Kier alpha value is -1.01. The molecule has 1 heterocycles. The zero-order valence-corrected chi connectivity index (χ0v) is 23.0. The second kappa shape index (κ2) is 10.4. The van der Waals surface area contributed by atoms with E-state index in [-0.39, 0.29) is 6.04 Å². The lowest BCUT2D eigenvalue weighted by atomic mass is 9.69. The number of piperazine rings is 1. The summed E-state index contributed by atoms with van der Waals surface area (Å²) in [6.07, 6.45) is 15.5. The highest BCUT2D eigenvalue weighted by atomic mass is 32.2. The minimum atomic E-state index is -3.11. The lowest BCUT2D eigenvalue weighted by molar-refractivity contribution is 0.133. The van der Waals surface area contributed by atoms with Crippen LogP contribution in [0, 0.1) is 29.1 Å². The second-order valence-electron chi connectivity index (χ2n) is 12.9. The van der Waals surface area contributed by atoms with Gasteiger partial charge in [-0.25, -0.2) is 13.1 Å². The zero-order chi connectivity index (χ0) is 24.6. The van der Waals surface area contributed by atoms with E-state index in [0.717, 1.165) is 51.4 Å². The number of nitrogens with zero attached hydrogens (tertiary/aromatic N) is 2. The molecule has 1 saturated heterocycles. The predicted octanol–water partition coefficient (Wildman–Crippen LogP) is 5.52. The third-order valence-corrected chi connectivity index (χ3v) is 11.7. The van der Waals surface area contributed by atoms with Gasteiger partial charge < -0.3 is 9.80 Å². The third-order valence-electron chi connectivity index (χ3n) is 10.2. The average molecular weight is 504 g/mol. The quantitative estimate of drug-likeness (QED) is 0.427. The van der Waals surface area contributed by atoms with Crippen LogP contribution in [-0.4, -0.2) is 56.2 Å². The minimum absolute atomic E-state index is 0.162. The molecule has 0 bridgehead atoms. The number of hydrogen-bond donors (Lipinski definition) is 1. The van der Waals surface area contributed by atoms with Crippen molar-refractivity contribution in [1.29, 1.82) is 0 Å². The van der Waals surface area contributed by atoms with Gasteiger partial charge in [-0.2, -0.15) is 0 Å². The largest absolute Gasteiger partial charge is 0.372 e. The van der Waals surface area contributed by atoms with E-state index in [9.17, 15) is 8.42 Å². The van der Waals surface area contributed by atoms with Crippen molar-refractivity contribution in [2.45, 2.75) is 96.4 Å². The van der Waals surface area contributed by atoms with Gasteiger partial charge in [0.15, 0.2) is 0 Å². The molecule has 4 aliphatic carbocycles. The van der Waals surface area contributed by atoms with Gasteiger partial charge in [-0.1, -0.05) is 45.8 Å². The smallest absolute Gasteiger partial charge is 0.211 e. The van der Waals surface area contributed by atoms with Gasteiger partial charge in [-0.05, 0) is 81.5 Å². The first-order chi connectivity index (χ1) is 16.7. The van der Waals surface area contributed by atoms with Gasteiger partial charge >= 0.3 is 0 Å². The molecule has 6 heteroatoms. The molecule has 0 spiro atoms. The third kappa shape index (κ3) is 6.47. The molecule has 0 radical (unpaired) electrons. The highest BCUT2D eigenvalue weighted by Gasteiger charge is 2.43. The molecule has 0 aromatic heterocycles. The molecule has 5 aliphatic rings. The molecule has 0 amide bonds. The van der Waals surface area contributed by atoms with E-state index < -0.39 is 10.0 Å². The van der Waals surface area contributed by atoms with E-state index in [1.54, 1.807) is 0 Å². The summed E-state index contributed by atoms with van der Waals surface area (Å²) in [7, 11) is -3.11. The second-order valence-corrected chi connectivity index (χ2v) is 14.8. The molecular weight excluding hydrogens is 454 g/mol. The highest BCUT2D eigenvalue weighted by Crippen LogP contribution is 2.52. The van der Waals surface area contributed by atoms with E-state index in [4.69, 9.17) is 0 Å². The fourth-order valence-corrected chi connectivity index (χ4v) is 8.59. The van der Waals surface area contributed by atoms with Gasteiger partial charge in [0.1, 0.15) is 0 Å². The van der Waals surface area contributed by atoms with Crippen molar-refractivity contribution in [3.63, 3.8) is 0 Å². The monoisotopic (exact) mass is 503 g/mol. The number of rotatable bonds is 10. The number of nitrogens with one attached hydrogen (secondary N) is 1. The van der Waals surface area contributed by atoms with Crippen molar-refractivity contribution in [2.24, 2.45) is 29.1 Å². The summed E-state index contributed by atoms with van der Waals surface area (Å²) in [5, 5.41) is 0. The Morgan fingerprint density at radius 2 is 1.54 bits per heavy atom. The van der Waals surface area contributed by atoms with Crippen molar-refractivity contribution >= 4 is 10.0 Å². The summed E-state index contributed by atoms with van der Waals surface area (Å²) in [6, 6.07) is 0.162. The molecule has 0 aromatic rings. The summed E-state index contributed by atoms with van der Waals surface area (Å²) >= 11 is 0. The van der Waals surface area contributed by atoms with E-state index in [1.165, 1.54) is 75.6 Å². The Kier molecular flexibility index (Phi) is 7.61. The van der Waals surface area contributed by atoms with Gasteiger partial charge in [0.2, 0.25) is 10.0 Å². The summed E-state index contributed by atoms with van der Waals surface area (Å²) in [6.45, 7) is 15.7. The summed E-state index contributed by atoms with van der Waals surface area (Å²) in [5.74, 6) is 3.07. The molecule has 2 unspecified atom stereocenters. The van der Waals surface area contributed by atoms with Gasteiger partial charge in [-0.3, -0.25) is 0 Å². The first kappa shape index (κ1) is 25.6. The Balaban J connectivity index is 1.04. The first-order valence-electron chi connectivity index (χ1n) is 14.6. The van der Waals surface area contributed by atoms with Crippen LogP contribution in [-0.2, 0) is 10.0 Å². The fourth-order valence-electron chi connectivity index (χ4n) is 7.11. The maximum atomic E-state index is 12.6. The van der Waals surface area contributed by atoms with Crippen molar-refractivity contribution in [1.82, 2.24) is 14.5 Å². The number of sulfonamides is 1. The predicted molar refractivity (Wildman–Crippen MR) is 144 cm³/mol. The molecule has 5 nitrogen and oxygen atoms in total. The Bertz CT molecular complexity index is 876. The molecule has 5 rings (SSSR count). The Morgan fingerprint density at radius 1 is 0.886 bits per heavy atom. The average Bonchev–Trinajstić information content (AvgIpc) is 3.80. The summed E-state index contributed by atoms with van der Waals surface area (Å²) < 4.78 is 28.2. The van der Waals surface area contributed by atoms with Gasteiger partial charge in [0.25, 0.3) is 0 Å². The lowest BCUT2D eigenvalue weighted by Crippen LogP contribution is -2.47. The van der Waals surface area contributed by atoms with Crippen LogP contribution in [0.4, 0.5) is 0 Å². The highest BCUT2D eigenvalue weighted by molar-refractivity contribution is 7.89. The van der Waals surface area contributed by atoms with E-state index in [1.807, 2.05) is 0 Å². The van der Waals surface area contributed by atoms with Crippen molar-refractivity contribution < 1.29 is 8.42 Å². The van der Waals surface area contributed by atoms with Crippen LogP contribution < -0.4 is 4.72 Å². The molecule has 5 fully saturated rings. The van der Waals surface area contributed by atoms with Crippen LogP contribution >= 0.6 is 0 Å². The molecule has 35 heavy (non-hydrogen) atoms.